The largest absolute Gasteiger partial charge is 0.480 e. The lowest BCUT2D eigenvalue weighted by molar-refractivity contribution is 0.134. The van der Waals surface area contributed by atoms with Gasteiger partial charge in [-0.1, -0.05) is 32.2 Å². The van der Waals surface area contributed by atoms with Crippen molar-refractivity contribution >= 4 is 29.5 Å². The molecule has 0 unspecified atom stereocenters. The average molecular weight is 344 g/mol. The normalized spacial score (nSPS) is 9.65. The van der Waals surface area contributed by atoms with Crippen molar-refractivity contribution in [3.8, 4) is 0 Å². The van der Waals surface area contributed by atoms with Crippen LogP contribution in [0.5, 0.6) is 0 Å². The van der Waals surface area contributed by atoms with Crippen LogP contribution >= 0.6 is 12.2 Å². The lowest BCUT2D eigenvalue weighted by atomic mass is 10.3. The van der Waals surface area contributed by atoms with Gasteiger partial charge in [-0.2, -0.15) is 0 Å². The van der Waals surface area contributed by atoms with E-state index in [1.165, 1.54) is 12.2 Å². The highest BCUT2D eigenvalue weighted by Crippen LogP contribution is 2.00. The van der Waals surface area contributed by atoms with Crippen molar-refractivity contribution in [1.29, 1.82) is 0 Å². The maximum absolute atomic E-state index is 11.4. The predicted molar refractivity (Wildman–Crippen MR) is 91.5 cm³/mol. The minimum atomic E-state index is -0.603. The number of hydrogen-bond acceptors (Lipinski definition) is 6. The Labute approximate surface area is 142 Å². The summed E-state index contributed by atoms with van der Waals surface area (Å²) < 4.78 is 15.1. The summed E-state index contributed by atoms with van der Waals surface area (Å²) in [6.45, 7) is 9.34. The molecule has 2 N–H and O–H groups in total. The summed E-state index contributed by atoms with van der Waals surface area (Å²) in [7, 11) is 0. The van der Waals surface area contributed by atoms with Gasteiger partial charge in [0.2, 0.25) is 0 Å². The van der Waals surface area contributed by atoms with Crippen molar-refractivity contribution in [2.45, 2.75) is 25.9 Å². The SMILES string of the molecule is C=CCOC(=O)NCC(CNC(=O)OCC=C)OC(=S)CCC. The van der Waals surface area contributed by atoms with Gasteiger partial charge in [0.25, 0.3) is 0 Å². The number of alkyl carbamates (subject to hydrolysis) is 2. The van der Waals surface area contributed by atoms with Crippen molar-refractivity contribution in [1.82, 2.24) is 10.6 Å². The van der Waals surface area contributed by atoms with Crippen molar-refractivity contribution in [3.05, 3.63) is 25.3 Å². The van der Waals surface area contributed by atoms with Gasteiger partial charge in [0.1, 0.15) is 19.3 Å². The molecular weight excluding hydrogens is 320 g/mol. The lowest BCUT2D eigenvalue weighted by Crippen LogP contribution is -2.42. The van der Waals surface area contributed by atoms with Crippen LogP contribution in [-0.2, 0) is 14.2 Å². The van der Waals surface area contributed by atoms with Crippen molar-refractivity contribution in [3.63, 3.8) is 0 Å². The van der Waals surface area contributed by atoms with Crippen LogP contribution in [0.4, 0.5) is 9.59 Å². The summed E-state index contributed by atoms with van der Waals surface area (Å²) in [6, 6.07) is 0. The number of thiocarbonyl (C=S) groups is 1. The fourth-order valence-corrected chi connectivity index (χ4v) is 1.71. The first-order valence-electron chi connectivity index (χ1n) is 7.26. The van der Waals surface area contributed by atoms with Gasteiger partial charge in [-0.15, -0.1) is 0 Å². The molecule has 0 atom stereocenters. The first-order valence-corrected chi connectivity index (χ1v) is 7.66. The van der Waals surface area contributed by atoms with Gasteiger partial charge in [0, 0.05) is 6.42 Å². The lowest BCUT2D eigenvalue weighted by Gasteiger charge is -2.20. The Morgan fingerprint density at radius 1 is 1.09 bits per heavy atom. The first-order chi connectivity index (χ1) is 11.0. The molecule has 0 rings (SSSR count). The molecule has 23 heavy (non-hydrogen) atoms. The fourth-order valence-electron chi connectivity index (χ4n) is 1.37. The van der Waals surface area contributed by atoms with Gasteiger partial charge in [0.15, 0.2) is 5.05 Å². The monoisotopic (exact) mass is 344 g/mol. The molecule has 0 aliphatic carbocycles. The first kappa shape index (κ1) is 20.9. The number of rotatable bonds is 11. The predicted octanol–water partition coefficient (Wildman–Crippen LogP) is 2.32. The number of amides is 2. The van der Waals surface area contributed by atoms with Gasteiger partial charge < -0.3 is 24.8 Å². The van der Waals surface area contributed by atoms with Crippen molar-refractivity contribution in [2.75, 3.05) is 26.3 Å². The fraction of sp³-hybridized carbons (Fsp3) is 0.533. The van der Waals surface area contributed by atoms with Crippen LogP contribution in [0, 0.1) is 0 Å². The summed E-state index contributed by atoms with van der Waals surface area (Å²) in [5.41, 5.74) is 0. The van der Waals surface area contributed by atoms with E-state index in [4.69, 9.17) is 26.4 Å². The van der Waals surface area contributed by atoms with Gasteiger partial charge >= 0.3 is 12.2 Å². The molecule has 8 heteroatoms. The van der Waals surface area contributed by atoms with E-state index in [2.05, 4.69) is 23.8 Å². The average Bonchev–Trinajstić information content (AvgIpc) is 2.53. The number of ether oxygens (including phenoxy) is 3. The summed E-state index contributed by atoms with van der Waals surface area (Å²) in [5.74, 6) is 0. The van der Waals surface area contributed by atoms with E-state index < -0.39 is 18.3 Å². The van der Waals surface area contributed by atoms with Crippen LogP contribution in [0.15, 0.2) is 25.3 Å². The minimum Gasteiger partial charge on any atom is -0.480 e. The van der Waals surface area contributed by atoms with Crippen molar-refractivity contribution in [2.24, 2.45) is 0 Å². The highest BCUT2D eigenvalue weighted by molar-refractivity contribution is 7.80. The highest BCUT2D eigenvalue weighted by atomic mass is 32.1. The molecule has 0 fully saturated rings. The molecule has 0 aromatic rings. The second kappa shape index (κ2) is 13.6. The molecule has 7 nitrogen and oxygen atoms in total. The molecule has 0 radical (unpaired) electrons. The van der Waals surface area contributed by atoms with E-state index in [1.54, 1.807) is 0 Å². The molecule has 0 bridgehead atoms. The molecule has 0 aromatic heterocycles. The molecule has 0 heterocycles. The summed E-state index contributed by atoms with van der Waals surface area (Å²) in [6.07, 6.45) is 2.65. The third kappa shape index (κ3) is 12.2. The minimum absolute atomic E-state index is 0.109. The summed E-state index contributed by atoms with van der Waals surface area (Å²) in [4.78, 5) is 22.8. The number of carbonyl (C=O) groups excluding carboxylic acids is 2. The topological polar surface area (TPSA) is 85.9 Å². The number of nitrogens with one attached hydrogen (secondary N) is 2. The summed E-state index contributed by atoms with van der Waals surface area (Å²) >= 11 is 5.09. The van der Waals surface area contributed by atoms with Gasteiger partial charge in [-0.3, -0.25) is 0 Å². The maximum atomic E-state index is 11.4. The Bertz CT molecular complexity index is 387. The van der Waals surface area contributed by atoms with E-state index >= 15 is 0 Å². The Morgan fingerprint density at radius 3 is 1.96 bits per heavy atom. The summed E-state index contributed by atoms with van der Waals surface area (Å²) in [5, 5.41) is 5.48. The van der Waals surface area contributed by atoms with Crippen molar-refractivity contribution < 1.29 is 23.8 Å². The van der Waals surface area contributed by atoms with Crippen LogP contribution in [0.25, 0.3) is 0 Å². The Kier molecular flexibility index (Phi) is 12.3. The quantitative estimate of drug-likeness (QED) is 0.442. The van der Waals surface area contributed by atoms with Gasteiger partial charge in [-0.25, -0.2) is 9.59 Å². The maximum Gasteiger partial charge on any atom is 0.407 e. The second-order valence-corrected chi connectivity index (χ2v) is 4.85. The third-order valence-corrected chi connectivity index (χ3v) is 2.67. The van der Waals surface area contributed by atoms with E-state index in [1.807, 2.05) is 6.92 Å². The molecule has 0 saturated carbocycles. The van der Waals surface area contributed by atoms with Crippen LogP contribution in [-0.4, -0.2) is 49.6 Å². The van der Waals surface area contributed by atoms with Crippen LogP contribution in [0.2, 0.25) is 0 Å². The van der Waals surface area contributed by atoms with Crippen LogP contribution in [0.1, 0.15) is 19.8 Å². The van der Waals surface area contributed by atoms with E-state index in [9.17, 15) is 9.59 Å². The Morgan fingerprint density at radius 2 is 1.57 bits per heavy atom. The molecule has 130 valence electrons. The molecule has 0 spiro atoms. The molecule has 2 amide bonds. The molecule has 0 aliphatic rings. The van der Waals surface area contributed by atoms with Gasteiger partial charge in [0.05, 0.1) is 13.1 Å². The van der Waals surface area contributed by atoms with Crippen LogP contribution < -0.4 is 10.6 Å². The second-order valence-electron chi connectivity index (χ2n) is 4.40. The highest BCUT2D eigenvalue weighted by Gasteiger charge is 2.15. The zero-order valence-corrected chi connectivity index (χ0v) is 14.2. The Hall–Kier alpha value is -2.09. The van der Waals surface area contributed by atoms with E-state index in [0.29, 0.717) is 11.5 Å². The molecular formula is C15H24N2O5S. The molecule has 0 aromatic carbocycles. The number of hydrogen-bond donors (Lipinski definition) is 2. The zero-order valence-electron chi connectivity index (χ0n) is 13.3. The zero-order chi connectivity index (χ0) is 17.5. The third-order valence-electron chi connectivity index (χ3n) is 2.36. The smallest absolute Gasteiger partial charge is 0.407 e. The number of carbonyl (C=O) groups is 2. The van der Waals surface area contributed by atoms with Gasteiger partial charge in [-0.05, 0) is 18.6 Å². The van der Waals surface area contributed by atoms with E-state index in [0.717, 1.165) is 6.42 Å². The molecule has 0 aliphatic heterocycles. The van der Waals surface area contributed by atoms with Crippen LogP contribution in [0.3, 0.4) is 0 Å². The van der Waals surface area contributed by atoms with E-state index in [-0.39, 0.29) is 26.3 Å². The Balaban J connectivity index is 4.34. The standard InChI is InChI=1S/C15H24N2O5S/c1-4-7-13(23)22-12(10-16-14(18)20-8-5-2)11-17-15(19)21-9-6-3/h5-6,12H,2-4,7-11H2,1H3,(H,16,18)(H,17,19). The molecule has 0 saturated heterocycles.